The lowest BCUT2D eigenvalue weighted by molar-refractivity contribution is 0.205. The Morgan fingerprint density at radius 2 is 1.16 bits per heavy atom. The van der Waals surface area contributed by atoms with Gasteiger partial charge in [0.1, 0.15) is 0 Å². The van der Waals surface area contributed by atoms with E-state index in [9.17, 15) is 16.8 Å². The number of sulfone groups is 2. The maximum Gasteiger partial charge on any atom is 0.151 e. The van der Waals surface area contributed by atoms with E-state index in [0.29, 0.717) is 23.0 Å². The Kier molecular flexibility index (Phi) is 3.02. The van der Waals surface area contributed by atoms with Crippen molar-refractivity contribution in [1.29, 1.82) is 0 Å². The quantitative estimate of drug-likeness (QED) is 0.560. The minimum absolute atomic E-state index is 0.152. The maximum absolute atomic E-state index is 11.0. The van der Waals surface area contributed by atoms with Crippen LogP contribution >= 0.6 is 0 Å². The van der Waals surface area contributed by atoms with E-state index in [0.717, 1.165) is 32.6 Å². The van der Waals surface area contributed by atoms with Crippen molar-refractivity contribution in [3.8, 4) is 0 Å². The van der Waals surface area contributed by atoms with Crippen molar-refractivity contribution < 1.29 is 16.8 Å². The molecule has 2 N–H and O–H groups in total. The summed E-state index contributed by atoms with van der Waals surface area (Å²) >= 11 is 0. The molecule has 4 rings (SSSR count). The van der Waals surface area contributed by atoms with E-state index in [1.807, 2.05) is 0 Å². The van der Waals surface area contributed by atoms with Crippen molar-refractivity contribution in [2.24, 2.45) is 10.8 Å². The van der Waals surface area contributed by atoms with Crippen molar-refractivity contribution in [2.75, 3.05) is 49.2 Å². The Hall–Kier alpha value is -0.180. The fraction of sp³-hybridized carbons (Fsp3) is 1.00. The van der Waals surface area contributed by atoms with E-state index >= 15 is 0 Å². The van der Waals surface area contributed by atoms with Crippen molar-refractivity contribution in [2.45, 2.75) is 6.42 Å². The zero-order chi connectivity index (χ0) is 13.8. The molecule has 6 nitrogen and oxygen atoms in total. The zero-order valence-electron chi connectivity index (χ0n) is 10.8. The molecule has 0 radical (unpaired) electrons. The Morgan fingerprint density at radius 3 is 1.32 bits per heavy atom. The van der Waals surface area contributed by atoms with Crippen molar-refractivity contribution in [1.82, 2.24) is 10.6 Å². The molecule has 0 aliphatic carbocycles. The highest BCUT2D eigenvalue weighted by Gasteiger charge is 2.52. The van der Waals surface area contributed by atoms with Crippen LogP contribution in [0.4, 0.5) is 0 Å². The van der Waals surface area contributed by atoms with Gasteiger partial charge in [-0.2, -0.15) is 0 Å². The topological polar surface area (TPSA) is 92.3 Å². The predicted molar refractivity (Wildman–Crippen MR) is 72.5 cm³/mol. The average Bonchev–Trinajstić information content (AvgIpc) is 2.49. The first kappa shape index (κ1) is 13.8. The van der Waals surface area contributed by atoms with Crippen LogP contribution in [0.2, 0.25) is 0 Å². The summed E-state index contributed by atoms with van der Waals surface area (Å²) < 4.78 is 43.4. The van der Waals surface area contributed by atoms with Crippen LogP contribution in [0, 0.1) is 10.8 Å². The summed E-state index contributed by atoms with van der Waals surface area (Å²) in [5.74, 6) is 1.68. The number of rotatable bonds is 0. The third-order valence-corrected chi connectivity index (χ3v) is 8.50. The fourth-order valence-corrected chi connectivity index (χ4v) is 7.67. The van der Waals surface area contributed by atoms with Crippen LogP contribution in [0.3, 0.4) is 0 Å². The van der Waals surface area contributed by atoms with Crippen LogP contribution in [0.15, 0.2) is 0 Å². The van der Waals surface area contributed by atoms with Gasteiger partial charge in [0.25, 0.3) is 0 Å². The summed E-state index contributed by atoms with van der Waals surface area (Å²) in [6, 6.07) is 0. The van der Waals surface area contributed by atoms with Crippen molar-refractivity contribution in [3.05, 3.63) is 0 Å². The molecule has 4 saturated heterocycles. The molecule has 0 aromatic carbocycles. The smallest absolute Gasteiger partial charge is 0.151 e. The molecule has 4 heterocycles. The standard InChI is InChI=1S/C6H11NO2S.C5H9NO2S/c8-10(9)2-1-6(5-10)3-7-4-6;7-9(8)3-5(4-9)1-6-2-5/h7H,1-5H2;6H,1-4H2. The molecule has 0 saturated carbocycles. The van der Waals surface area contributed by atoms with Crippen LogP contribution in [-0.4, -0.2) is 66.0 Å². The molecule has 4 fully saturated rings. The largest absolute Gasteiger partial charge is 0.315 e. The molecule has 4 aliphatic rings. The monoisotopic (exact) mass is 308 g/mol. The van der Waals surface area contributed by atoms with E-state index < -0.39 is 19.7 Å². The van der Waals surface area contributed by atoms with Crippen LogP contribution in [0.25, 0.3) is 0 Å². The Bertz CT molecular complexity index is 560. The first-order valence-electron chi connectivity index (χ1n) is 6.56. The average molecular weight is 308 g/mol. The first-order chi connectivity index (χ1) is 8.74. The van der Waals surface area contributed by atoms with Crippen LogP contribution < -0.4 is 10.6 Å². The van der Waals surface area contributed by atoms with Gasteiger partial charge in [-0.15, -0.1) is 0 Å². The second kappa shape index (κ2) is 4.16. The zero-order valence-corrected chi connectivity index (χ0v) is 12.4. The van der Waals surface area contributed by atoms with E-state index in [4.69, 9.17) is 0 Å². The Labute approximate surface area is 114 Å². The molecule has 8 heteroatoms. The highest BCUT2D eigenvalue weighted by Crippen LogP contribution is 2.36. The minimum atomic E-state index is -2.65. The Balaban J connectivity index is 0.000000117. The van der Waals surface area contributed by atoms with Gasteiger partial charge in [-0.1, -0.05) is 0 Å². The highest BCUT2D eigenvalue weighted by atomic mass is 32.2. The lowest BCUT2D eigenvalue weighted by Gasteiger charge is -2.48. The SMILES string of the molecule is O=S1(=O)CC2(CNC2)C1.O=S1(=O)CCC2(CNC2)C1. The summed E-state index contributed by atoms with van der Waals surface area (Å²) in [5, 5.41) is 6.19. The molecule has 110 valence electrons. The van der Waals surface area contributed by atoms with E-state index in [1.165, 1.54) is 0 Å². The summed E-state index contributed by atoms with van der Waals surface area (Å²) in [4.78, 5) is 0. The number of hydrogen-bond acceptors (Lipinski definition) is 6. The summed E-state index contributed by atoms with van der Waals surface area (Å²) in [7, 11) is -5.24. The predicted octanol–water partition coefficient (Wildman–Crippen LogP) is -1.60. The van der Waals surface area contributed by atoms with Gasteiger partial charge in [0.05, 0.1) is 23.0 Å². The molecule has 0 aromatic rings. The van der Waals surface area contributed by atoms with E-state index in [-0.39, 0.29) is 10.8 Å². The lowest BCUT2D eigenvalue weighted by atomic mass is 9.82. The normalized spacial score (nSPS) is 34.5. The first-order valence-corrected chi connectivity index (χ1v) is 10.2. The van der Waals surface area contributed by atoms with E-state index in [1.54, 1.807) is 0 Å². The summed E-state index contributed by atoms with van der Waals surface area (Å²) in [5.41, 5.74) is 0.331. The minimum Gasteiger partial charge on any atom is -0.315 e. The van der Waals surface area contributed by atoms with Gasteiger partial charge >= 0.3 is 0 Å². The number of hydrogen-bond donors (Lipinski definition) is 2. The van der Waals surface area contributed by atoms with Crippen LogP contribution in [-0.2, 0) is 19.7 Å². The van der Waals surface area contributed by atoms with Gasteiger partial charge in [0.2, 0.25) is 0 Å². The molecular weight excluding hydrogens is 288 g/mol. The molecule has 19 heavy (non-hydrogen) atoms. The molecule has 0 aromatic heterocycles. The molecular formula is C11H20N2O4S2. The summed E-state index contributed by atoms with van der Waals surface area (Å²) in [6.07, 6.45) is 0.877. The van der Waals surface area contributed by atoms with Crippen LogP contribution in [0.5, 0.6) is 0 Å². The Morgan fingerprint density at radius 1 is 0.684 bits per heavy atom. The highest BCUT2D eigenvalue weighted by molar-refractivity contribution is 7.92. The van der Waals surface area contributed by atoms with Gasteiger partial charge in [0.15, 0.2) is 19.7 Å². The molecule has 2 spiro atoms. The van der Waals surface area contributed by atoms with E-state index in [2.05, 4.69) is 10.6 Å². The second-order valence-corrected chi connectivity index (χ2v) is 10.8. The molecule has 0 bridgehead atoms. The molecule has 0 atom stereocenters. The van der Waals surface area contributed by atoms with Crippen LogP contribution in [0.1, 0.15) is 6.42 Å². The second-order valence-electron chi connectivity index (χ2n) is 6.58. The van der Waals surface area contributed by atoms with Gasteiger partial charge in [-0.05, 0) is 6.42 Å². The molecule has 4 aliphatic heterocycles. The van der Waals surface area contributed by atoms with Crippen molar-refractivity contribution in [3.63, 3.8) is 0 Å². The summed E-state index contributed by atoms with van der Waals surface area (Å²) in [6.45, 7) is 3.64. The lowest BCUT2D eigenvalue weighted by Crippen LogP contribution is -2.66. The van der Waals surface area contributed by atoms with Gasteiger partial charge < -0.3 is 10.6 Å². The third kappa shape index (κ3) is 2.68. The molecule has 0 unspecified atom stereocenters. The maximum atomic E-state index is 11.0. The number of nitrogens with one attached hydrogen (secondary N) is 2. The van der Waals surface area contributed by atoms with Gasteiger partial charge in [-0.3, -0.25) is 0 Å². The molecule has 0 amide bonds. The van der Waals surface area contributed by atoms with Gasteiger partial charge in [-0.25, -0.2) is 16.8 Å². The fourth-order valence-electron chi connectivity index (χ4n) is 3.31. The van der Waals surface area contributed by atoms with Gasteiger partial charge in [0, 0.05) is 37.0 Å². The third-order valence-electron chi connectivity index (χ3n) is 4.52. The van der Waals surface area contributed by atoms with Crippen molar-refractivity contribution >= 4 is 19.7 Å².